The van der Waals surface area contributed by atoms with Crippen LogP contribution in [-0.4, -0.2) is 7.85 Å². The van der Waals surface area contributed by atoms with Crippen LogP contribution in [0.5, 0.6) is 0 Å². The van der Waals surface area contributed by atoms with E-state index >= 15 is 0 Å². The van der Waals surface area contributed by atoms with Crippen molar-refractivity contribution < 1.29 is 3.07 Å². The molecule has 1 nitrogen and oxygen atoms in total. The molecule has 0 aliphatic rings. The molecule has 0 aromatic rings. The lowest BCUT2D eigenvalue weighted by molar-refractivity contribution is 0.455. The average Bonchev–Trinajstić information content (AvgIpc) is 1.88. The van der Waals surface area contributed by atoms with Gasteiger partial charge in [-0.3, -0.25) is 0 Å². The van der Waals surface area contributed by atoms with E-state index in [1.807, 2.05) is 23.0 Å². The predicted octanol–water partition coefficient (Wildman–Crippen LogP) is 2.51. The Hall–Kier alpha value is 0.335. The van der Waals surface area contributed by atoms with Crippen LogP contribution in [0.15, 0.2) is 11.2 Å². The largest absolute Gasteiger partial charge is 0.433 e. The fraction of sp³-hybridized carbons (Fsp3) is 0.750. The van der Waals surface area contributed by atoms with Crippen molar-refractivity contribution in [3.05, 3.63) is 11.2 Å². The van der Waals surface area contributed by atoms with Crippen molar-refractivity contribution in [1.82, 2.24) is 0 Å². The van der Waals surface area contributed by atoms with Crippen molar-refractivity contribution in [2.24, 2.45) is 11.8 Å². The molecule has 0 aromatic heterocycles. The highest BCUT2D eigenvalue weighted by Gasteiger charge is 2.10. The van der Waals surface area contributed by atoms with Gasteiger partial charge in [-0.25, -0.2) is 0 Å². The summed E-state index contributed by atoms with van der Waals surface area (Å²) < 4.78 is 5.28. The number of rotatable bonds is 3. The predicted molar refractivity (Wildman–Crippen MR) is 60.4 cm³/mol. The van der Waals surface area contributed by atoms with Crippen LogP contribution in [0.4, 0.5) is 0 Å². The first-order valence-electron chi connectivity index (χ1n) is 4.00. The Kier molecular flexibility index (Phi) is 5.22. The third-order valence-corrected chi connectivity index (χ3v) is 2.34. The van der Waals surface area contributed by atoms with Crippen LogP contribution < -0.4 is 0 Å². The first-order chi connectivity index (χ1) is 5.00. The maximum atomic E-state index is 5.28. The molecule has 0 saturated heterocycles. The molecule has 11 heavy (non-hydrogen) atoms. The van der Waals surface area contributed by atoms with Crippen LogP contribution in [0.25, 0.3) is 0 Å². The zero-order valence-electron chi connectivity index (χ0n) is 7.94. The average molecular weight is 266 g/mol. The first-order valence-corrected chi connectivity index (χ1v) is 4.88. The van der Waals surface area contributed by atoms with Gasteiger partial charge < -0.3 is 3.07 Å². The SMILES string of the molecule is B/C(=C(/OI)C(C)C)C(C)C. The van der Waals surface area contributed by atoms with Crippen molar-refractivity contribution >= 4 is 30.9 Å². The minimum absolute atomic E-state index is 0.495. The van der Waals surface area contributed by atoms with Crippen LogP contribution in [0, 0.1) is 11.8 Å². The topological polar surface area (TPSA) is 9.23 Å². The monoisotopic (exact) mass is 266 g/mol. The first kappa shape index (κ1) is 11.3. The second-order valence-corrected chi connectivity index (χ2v) is 3.87. The third-order valence-electron chi connectivity index (χ3n) is 1.86. The van der Waals surface area contributed by atoms with Crippen molar-refractivity contribution in [2.45, 2.75) is 27.7 Å². The Balaban J connectivity index is 4.54. The molecule has 0 radical (unpaired) electrons. The standard InChI is InChI=1S/C8H16BIO/c1-5(2)7(9)8(11-10)6(3)4/h5-6H,9H2,1-4H3/b8-7+. The van der Waals surface area contributed by atoms with E-state index in [2.05, 4.69) is 35.5 Å². The Bertz CT molecular complexity index is 152. The van der Waals surface area contributed by atoms with E-state index in [9.17, 15) is 0 Å². The van der Waals surface area contributed by atoms with Gasteiger partial charge in [-0.15, -0.1) is 0 Å². The number of halogens is 1. The lowest BCUT2D eigenvalue weighted by Crippen LogP contribution is -2.04. The smallest absolute Gasteiger partial charge is 0.192 e. The molecule has 0 fully saturated rings. The number of hydrogen-bond donors (Lipinski definition) is 0. The molecule has 0 heterocycles. The second kappa shape index (κ2) is 5.06. The summed E-state index contributed by atoms with van der Waals surface area (Å²) in [5.41, 5.74) is 1.36. The third kappa shape index (κ3) is 3.49. The Morgan fingerprint density at radius 2 is 1.64 bits per heavy atom. The molecule has 0 amide bonds. The summed E-state index contributed by atoms with van der Waals surface area (Å²) >= 11 is 1.96. The zero-order chi connectivity index (χ0) is 9.02. The Labute approximate surface area is 84.7 Å². The summed E-state index contributed by atoms with van der Waals surface area (Å²) in [4.78, 5) is 0. The van der Waals surface area contributed by atoms with Gasteiger partial charge in [0.2, 0.25) is 0 Å². The molecule has 0 atom stereocenters. The minimum atomic E-state index is 0.495. The summed E-state index contributed by atoms with van der Waals surface area (Å²) in [6.07, 6.45) is 0. The van der Waals surface area contributed by atoms with Gasteiger partial charge in [-0.05, 0) is 5.92 Å². The molecule has 0 bridgehead atoms. The van der Waals surface area contributed by atoms with Crippen LogP contribution in [0.2, 0.25) is 0 Å². The van der Waals surface area contributed by atoms with Gasteiger partial charge >= 0.3 is 0 Å². The molecular formula is C8H16BIO. The molecule has 3 heteroatoms. The molecular weight excluding hydrogens is 250 g/mol. The molecule has 0 unspecified atom stereocenters. The van der Waals surface area contributed by atoms with Crippen LogP contribution in [-0.2, 0) is 3.07 Å². The fourth-order valence-corrected chi connectivity index (χ4v) is 1.75. The Morgan fingerprint density at radius 1 is 1.18 bits per heavy atom. The van der Waals surface area contributed by atoms with Crippen molar-refractivity contribution in [3.8, 4) is 0 Å². The number of allylic oxidation sites excluding steroid dienone is 2. The molecule has 0 N–H and O–H groups in total. The fourth-order valence-electron chi connectivity index (χ4n) is 0.890. The summed E-state index contributed by atoms with van der Waals surface area (Å²) in [6, 6.07) is 0. The van der Waals surface area contributed by atoms with E-state index in [0.29, 0.717) is 11.8 Å². The summed E-state index contributed by atoms with van der Waals surface area (Å²) in [5.74, 6) is 2.21. The molecule has 0 aromatic carbocycles. The van der Waals surface area contributed by atoms with E-state index in [-0.39, 0.29) is 0 Å². The van der Waals surface area contributed by atoms with Gasteiger partial charge in [0.1, 0.15) is 13.6 Å². The van der Waals surface area contributed by atoms with Crippen LogP contribution in [0.3, 0.4) is 0 Å². The summed E-state index contributed by atoms with van der Waals surface area (Å²) in [5, 5.41) is 0. The highest BCUT2D eigenvalue weighted by Crippen LogP contribution is 2.21. The molecule has 0 aliphatic carbocycles. The van der Waals surface area contributed by atoms with E-state index < -0.39 is 0 Å². The highest BCUT2D eigenvalue weighted by atomic mass is 127. The van der Waals surface area contributed by atoms with Gasteiger partial charge in [0.15, 0.2) is 23.0 Å². The molecule has 0 spiro atoms. The molecule has 0 rings (SSSR count). The lowest BCUT2D eigenvalue weighted by atomic mass is 9.82. The normalized spacial score (nSPS) is 13.7. The van der Waals surface area contributed by atoms with Gasteiger partial charge in [0.05, 0.1) is 0 Å². The van der Waals surface area contributed by atoms with Crippen molar-refractivity contribution in [1.29, 1.82) is 0 Å². The quantitative estimate of drug-likeness (QED) is 0.433. The van der Waals surface area contributed by atoms with Gasteiger partial charge in [-0.2, -0.15) is 0 Å². The molecule has 0 saturated carbocycles. The maximum Gasteiger partial charge on any atom is 0.192 e. The highest BCUT2D eigenvalue weighted by molar-refractivity contribution is 14.1. The van der Waals surface area contributed by atoms with Crippen molar-refractivity contribution in [2.75, 3.05) is 0 Å². The van der Waals surface area contributed by atoms with Crippen LogP contribution >= 0.6 is 23.0 Å². The van der Waals surface area contributed by atoms with Crippen molar-refractivity contribution in [3.63, 3.8) is 0 Å². The Morgan fingerprint density at radius 3 is 1.73 bits per heavy atom. The van der Waals surface area contributed by atoms with Gasteiger partial charge in [-0.1, -0.05) is 33.2 Å². The zero-order valence-corrected chi connectivity index (χ0v) is 10.1. The van der Waals surface area contributed by atoms with E-state index in [1.54, 1.807) is 0 Å². The van der Waals surface area contributed by atoms with Gasteiger partial charge in [0, 0.05) is 5.92 Å². The number of hydrogen-bond acceptors (Lipinski definition) is 1. The van der Waals surface area contributed by atoms with E-state index in [4.69, 9.17) is 3.07 Å². The molecule has 64 valence electrons. The van der Waals surface area contributed by atoms with E-state index in [1.165, 1.54) is 5.47 Å². The van der Waals surface area contributed by atoms with E-state index in [0.717, 1.165) is 5.76 Å². The summed E-state index contributed by atoms with van der Waals surface area (Å²) in [6.45, 7) is 8.68. The maximum absolute atomic E-state index is 5.28. The molecule has 0 aliphatic heterocycles. The van der Waals surface area contributed by atoms with Gasteiger partial charge in [0.25, 0.3) is 0 Å². The van der Waals surface area contributed by atoms with Crippen LogP contribution in [0.1, 0.15) is 27.7 Å². The summed E-state index contributed by atoms with van der Waals surface area (Å²) in [7, 11) is 2.14. The lowest BCUT2D eigenvalue weighted by Gasteiger charge is -2.15. The minimum Gasteiger partial charge on any atom is -0.433 e. The second-order valence-electron chi connectivity index (χ2n) is 3.43.